The molecule has 3 rings (SSSR count). The molecule has 0 amide bonds. The lowest BCUT2D eigenvalue weighted by Crippen LogP contribution is -2.14. The molecule has 0 radical (unpaired) electrons. The van der Waals surface area contributed by atoms with E-state index in [4.69, 9.17) is 17.3 Å². The van der Waals surface area contributed by atoms with Crippen LogP contribution in [0.5, 0.6) is 0 Å². The first-order chi connectivity index (χ1) is 9.94. The molecule has 6 nitrogen and oxygen atoms in total. The predicted octanol–water partition coefficient (Wildman–Crippen LogP) is 2.39. The highest BCUT2D eigenvalue weighted by atomic mass is 35.5. The second-order valence-electron chi connectivity index (χ2n) is 4.88. The maximum absolute atomic E-state index is 12.3. The maximum atomic E-state index is 12.3. The summed E-state index contributed by atoms with van der Waals surface area (Å²) in [6.45, 7) is 0. The summed E-state index contributed by atoms with van der Waals surface area (Å²) in [5.41, 5.74) is 6.04. The lowest BCUT2D eigenvalue weighted by atomic mass is 10.3. The molecule has 1 heterocycles. The van der Waals surface area contributed by atoms with Gasteiger partial charge in [0, 0.05) is 17.7 Å². The molecule has 1 fully saturated rings. The van der Waals surface area contributed by atoms with Crippen molar-refractivity contribution < 1.29 is 8.42 Å². The number of sulfonamides is 1. The number of rotatable bonds is 4. The molecule has 8 heteroatoms. The molecule has 0 bridgehead atoms. The normalized spacial score (nSPS) is 14.9. The van der Waals surface area contributed by atoms with Gasteiger partial charge in [0.1, 0.15) is 16.8 Å². The SMILES string of the molecule is Nc1ccc(S(=O)(=O)Nc2cc(Cl)nc(C3CC3)n2)cc1. The Morgan fingerprint density at radius 1 is 1.19 bits per heavy atom. The van der Waals surface area contributed by atoms with Gasteiger partial charge >= 0.3 is 0 Å². The van der Waals surface area contributed by atoms with Crippen molar-refractivity contribution in [3.8, 4) is 0 Å². The summed E-state index contributed by atoms with van der Waals surface area (Å²) in [5, 5.41) is 0.224. The molecule has 1 aromatic carbocycles. The summed E-state index contributed by atoms with van der Waals surface area (Å²) < 4.78 is 26.9. The Labute approximate surface area is 127 Å². The fourth-order valence-corrected chi connectivity index (χ4v) is 3.04. The van der Waals surface area contributed by atoms with E-state index < -0.39 is 10.0 Å². The van der Waals surface area contributed by atoms with Crippen LogP contribution in [0.25, 0.3) is 0 Å². The van der Waals surface area contributed by atoms with Crippen LogP contribution in [0.1, 0.15) is 24.6 Å². The van der Waals surface area contributed by atoms with Crippen LogP contribution >= 0.6 is 11.6 Å². The van der Waals surface area contributed by atoms with Gasteiger partial charge in [0.25, 0.3) is 10.0 Å². The number of anilines is 2. The zero-order valence-electron chi connectivity index (χ0n) is 11.0. The Bertz CT molecular complexity index is 773. The summed E-state index contributed by atoms with van der Waals surface area (Å²) in [6, 6.07) is 7.31. The topological polar surface area (TPSA) is 98.0 Å². The summed E-state index contributed by atoms with van der Waals surface area (Å²) >= 11 is 5.92. The van der Waals surface area contributed by atoms with Gasteiger partial charge in [-0.3, -0.25) is 4.72 Å². The molecular formula is C13H13ClN4O2S. The Balaban J connectivity index is 1.90. The smallest absolute Gasteiger partial charge is 0.263 e. The fraction of sp³-hybridized carbons (Fsp3) is 0.231. The third-order valence-corrected chi connectivity index (χ3v) is 4.65. The zero-order valence-corrected chi connectivity index (χ0v) is 12.5. The molecule has 21 heavy (non-hydrogen) atoms. The van der Waals surface area contributed by atoms with Crippen LogP contribution < -0.4 is 10.5 Å². The molecule has 3 N–H and O–H groups in total. The molecule has 110 valence electrons. The zero-order chi connectivity index (χ0) is 15.0. The Hall–Kier alpha value is -1.86. The van der Waals surface area contributed by atoms with E-state index in [1.54, 1.807) is 0 Å². The molecule has 0 saturated heterocycles. The minimum Gasteiger partial charge on any atom is -0.399 e. The number of hydrogen-bond donors (Lipinski definition) is 2. The Kier molecular flexibility index (Phi) is 3.46. The van der Waals surface area contributed by atoms with Crippen molar-refractivity contribution >= 4 is 33.1 Å². The van der Waals surface area contributed by atoms with E-state index in [1.165, 1.54) is 30.3 Å². The molecule has 0 spiro atoms. The summed E-state index contributed by atoms with van der Waals surface area (Å²) in [5.74, 6) is 1.04. The van der Waals surface area contributed by atoms with E-state index in [2.05, 4.69) is 14.7 Å². The Morgan fingerprint density at radius 2 is 1.86 bits per heavy atom. The predicted molar refractivity (Wildman–Crippen MR) is 80.7 cm³/mol. The largest absolute Gasteiger partial charge is 0.399 e. The van der Waals surface area contributed by atoms with Crippen molar-refractivity contribution in [1.29, 1.82) is 0 Å². The van der Waals surface area contributed by atoms with E-state index in [0.29, 0.717) is 11.5 Å². The average Bonchev–Trinajstić information content (AvgIpc) is 3.22. The number of aromatic nitrogens is 2. The van der Waals surface area contributed by atoms with Crippen molar-refractivity contribution in [2.45, 2.75) is 23.7 Å². The van der Waals surface area contributed by atoms with Crippen LogP contribution in [0.4, 0.5) is 11.5 Å². The van der Waals surface area contributed by atoms with Gasteiger partial charge < -0.3 is 5.73 Å². The van der Waals surface area contributed by atoms with Crippen LogP contribution in [0.3, 0.4) is 0 Å². The quantitative estimate of drug-likeness (QED) is 0.664. The fourth-order valence-electron chi connectivity index (χ4n) is 1.86. The first-order valence-electron chi connectivity index (χ1n) is 6.37. The lowest BCUT2D eigenvalue weighted by Gasteiger charge is -2.09. The first-order valence-corrected chi connectivity index (χ1v) is 8.23. The molecule has 1 aliphatic rings. The molecule has 2 aromatic rings. The van der Waals surface area contributed by atoms with Crippen molar-refractivity contribution in [2.24, 2.45) is 0 Å². The van der Waals surface area contributed by atoms with Crippen LogP contribution in [0.2, 0.25) is 5.15 Å². The van der Waals surface area contributed by atoms with E-state index in [0.717, 1.165) is 12.8 Å². The average molecular weight is 325 g/mol. The molecular weight excluding hydrogens is 312 g/mol. The van der Waals surface area contributed by atoms with Crippen molar-refractivity contribution in [2.75, 3.05) is 10.5 Å². The van der Waals surface area contributed by atoms with Crippen LogP contribution in [0.15, 0.2) is 35.2 Å². The van der Waals surface area contributed by atoms with Crippen molar-refractivity contribution in [1.82, 2.24) is 9.97 Å². The third-order valence-electron chi connectivity index (χ3n) is 3.08. The third kappa shape index (κ3) is 3.25. The van der Waals surface area contributed by atoms with Gasteiger partial charge in [-0.05, 0) is 37.1 Å². The highest BCUT2D eigenvalue weighted by Crippen LogP contribution is 2.38. The van der Waals surface area contributed by atoms with Crippen LogP contribution in [0, 0.1) is 0 Å². The second kappa shape index (κ2) is 5.16. The second-order valence-corrected chi connectivity index (χ2v) is 6.95. The highest BCUT2D eigenvalue weighted by Gasteiger charge is 2.27. The van der Waals surface area contributed by atoms with Crippen LogP contribution in [-0.2, 0) is 10.0 Å². The van der Waals surface area contributed by atoms with Gasteiger partial charge in [0.15, 0.2) is 0 Å². The molecule has 1 aliphatic carbocycles. The lowest BCUT2D eigenvalue weighted by molar-refractivity contribution is 0.601. The first kappa shape index (κ1) is 14.1. The van der Waals surface area contributed by atoms with Gasteiger partial charge in [0.05, 0.1) is 4.90 Å². The van der Waals surface area contributed by atoms with E-state index in [9.17, 15) is 8.42 Å². The highest BCUT2D eigenvalue weighted by molar-refractivity contribution is 7.92. The maximum Gasteiger partial charge on any atom is 0.263 e. The number of nitrogens with one attached hydrogen (secondary N) is 1. The minimum absolute atomic E-state index is 0.111. The number of halogens is 1. The number of nitrogen functional groups attached to an aromatic ring is 1. The Morgan fingerprint density at radius 3 is 2.48 bits per heavy atom. The van der Waals surface area contributed by atoms with Crippen molar-refractivity contribution in [3.63, 3.8) is 0 Å². The molecule has 1 saturated carbocycles. The van der Waals surface area contributed by atoms with E-state index >= 15 is 0 Å². The summed E-state index contributed by atoms with van der Waals surface area (Å²) in [4.78, 5) is 8.44. The standard InChI is InChI=1S/C13H13ClN4O2S/c14-11-7-12(17-13(16-11)8-1-2-8)18-21(19,20)10-5-3-9(15)4-6-10/h3-8H,1-2,15H2,(H,16,17,18). The van der Waals surface area contributed by atoms with E-state index in [1.807, 2.05) is 0 Å². The number of nitrogens with two attached hydrogens (primary N) is 1. The van der Waals surface area contributed by atoms with Gasteiger partial charge in [-0.2, -0.15) is 0 Å². The van der Waals surface area contributed by atoms with Gasteiger partial charge in [-0.1, -0.05) is 11.6 Å². The molecule has 0 unspecified atom stereocenters. The number of hydrogen-bond acceptors (Lipinski definition) is 5. The molecule has 1 aromatic heterocycles. The van der Waals surface area contributed by atoms with Gasteiger partial charge in [-0.25, -0.2) is 18.4 Å². The number of nitrogens with zero attached hydrogens (tertiary/aromatic N) is 2. The van der Waals surface area contributed by atoms with Crippen molar-refractivity contribution in [3.05, 3.63) is 41.3 Å². The summed E-state index contributed by atoms with van der Waals surface area (Å²) in [6.07, 6.45) is 2.01. The van der Waals surface area contributed by atoms with Gasteiger partial charge in [-0.15, -0.1) is 0 Å². The molecule has 0 atom stereocenters. The number of benzene rings is 1. The minimum atomic E-state index is -3.72. The monoisotopic (exact) mass is 324 g/mol. The van der Waals surface area contributed by atoms with E-state index in [-0.39, 0.29) is 21.8 Å². The molecule has 0 aliphatic heterocycles. The van der Waals surface area contributed by atoms with Gasteiger partial charge in [0.2, 0.25) is 0 Å². The van der Waals surface area contributed by atoms with Crippen LogP contribution in [-0.4, -0.2) is 18.4 Å². The summed E-state index contributed by atoms with van der Waals surface area (Å²) in [7, 11) is -3.72.